The predicted molar refractivity (Wildman–Crippen MR) is 180 cm³/mol. The van der Waals surface area contributed by atoms with Gasteiger partial charge in [0.05, 0.1) is 0 Å². The molecular weight excluding hydrogens is 498 g/mol. The van der Waals surface area contributed by atoms with E-state index in [4.69, 9.17) is 0 Å². The van der Waals surface area contributed by atoms with Gasteiger partial charge in [-0.2, -0.15) is 0 Å². The van der Waals surface area contributed by atoms with Crippen LogP contribution in [0.25, 0.3) is 11.1 Å². The van der Waals surface area contributed by atoms with Crippen LogP contribution in [-0.4, -0.2) is 20.6 Å². The first-order valence-corrected chi connectivity index (χ1v) is 23.8. The molecule has 0 nitrogen and oxygen atoms in total. The van der Waals surface area contributed by atoms with Crippen LogP contribution < -0.4 is 5.30 Å². The Bertz CT molecular complexity index is 958. The van der Waals surface area contributed by atoms with Crippen molar-refractivity contribution >= 4 is 27.8 Å². The van der Waals surface area contributed by atoms with Crippen LogP contribution in [0.1, 0.15) is 116 Å². The number of fused-ring (bicyclic) bond motifs is 3. The summed E-state index contributed by atoms with van der Waals surface area (Å²) in [5.41, 5.74) is 6.33. The molecule has 0 bridgehead atoms. The quantitative estimate of drug-likeness (QED) is 0.0830. The summed E-state index contributed by atoms with van der Waals surface area (Å²) in [6, 6.07) is 21.4. The molecule has 0 aromatic heterocycles. The van der Waals surface area contributed by atoms with Gasteiger partial charge in [-0.3, -0.25) is 0 Å². The Morgan fingerprint density at radius 3 is 1.81 bits per heavy atom. The first-order chi connectivity index (χ1) is 17.9. The minimum absolute atomic E-state index is 1.15. The molecule has 3 rings (SSSR count). The van der Waals surface area contributed by atoms with E-state index in [2.05, 4.69) is 85.8 Å². The van der Waals surface area contributed by atoms with Crippen LogP contribution in [0.3, 0.4) is 0 Å². The maximum absolute atomic E-state index is 3.85. The Balaban J connectivity index is 2.15. The van der Waals surface area contributed by atoms with Crippen LogP contribution in [0.15, 0.2) is 42.5 Å². The Morgan fingerprint density at radius 2 is 1.19 bits per heavy atom. The van der Waals surface area contributed by atoms with Crippen LogP contribution in [-0.2, 0) is 6.42 Å². The van der Waals surface area contributed by atoms with E-state index in [9.17, 15) is 0 Å². The Labute approximate surface area is 234 Å². The molecule has 0 saturated carbocycles. The number of benzene rings is 2. The third-order valence-electron chi connectivity index (χ3n) is 9.89. The van der Waals surface area contributed by atoms with Crippen molar-refractivity contribution < 1.29 is 0 Å². The van der Waals surface area contributed by atoms with Crippen LogP contribution in [0.2, 0.25) is 18.1 Å². The summed E-state index contributed by atoms with van der Waals surface area (Å²) in [6.45, 7) is 12.5. The average Bonchev–Trinajstić information content (AvgIpc) is 3.29. The third kappa shape index (κ3) is 6.64. The fourth-order valence-corrected chi connectivity index (χ4v) is 32.7. The topological polar surface area (TPSA) is 0 Å². The van der Waals surface area contributed by atoms with E-state index in [1.807, 2.05) is 5.30 Å². The number of unbranched alkanes of at least 4 members (excludes halogenated alkanes) is 8. The number of hydrogen-bond acceptors (Lipinski definition) is 0. The monoisotopic (exact) mass is 556 g/mol. The normalized spacial score (nSPS) is 14.3. The molecule has 0 saturated heterocycles. The van der Waals surface area contributed by atoms with Crippen molar-refractivity contribution in [2.24, 2.45) is 0 Å². The zero-order valence-electron chi connectivity index (χ0n) is 25.1. The summed E-state index contributed by atoms with van der Waals surface area (Å²) < 4.78 is 0. The van der Waals surface area contributed by atoms with E-state index in [0.717, 1.165) is 6.42 Å². The standard InChI is InChI=1S/C34H58P2Si/c1-6-10-14-15-16-19-25-36(5,35,37(26-11-7-2,27-12-8-3)28-13-9-4)34-24-20-23-32-31-22-18-17-21-30(31)29-33(32)34/h17-18,20-24H,6-16,19,25-29,35H2,1-5H3. The molecule has 0 fully saturated rings. The second kappa shape index (κ2) is 14.2. The summed E-state index contributed by atoms with van der Waals surface area (Å²) in [4.78, 5) is 0. The summed E-state index contributed by atoms with van der Waals surface area (Å²) in [7, 11) is 2.24. The second-order valence-corrected chi connectivity index (χ2v) is 33.5. The van der Waals surface area contributed by atoms with Crippen molar-refractivity contribution in [3.8, 4) is 11.1 Å². The molecule has 3 heteroatoms. The van der Waals surface area contributed by atoms with E-state index >= 15 is 0 Å². The zero-order valence-corrected chi connectivity index (χ0v) is 28.1. The average molecular weight is 557 g/mol. The van der Waals surface area contributed by atoms with Gasteiger partial charge in [0.25, 0.3) is 0 Å². The molecule has 0 aliphatic heterocycles. The van der Waals surface area contributed by atoms with Gasteiger partial charge in [-0.1, -0.05) is 0 Å². The van der Waals surface area contributed by atoms with Crippen molar-refractivity contribution in [3.63, 3.8) is 0 Å². The van der Waals surface area contributed by atoms with Gasteiger partial charge in [0.1, 0.15) is 0 Å². The van der Waals surface area contributed by atoms with Gasteiger partial charge in [-0.25, -0.2) is 0 Å². The fraction of sp³-hybridized carbons (Fsp3) is 0.647. The Kier molecular flexibility index (Phi) is 11.9. The molecule has 1 unspecified atom stereocenters. The van der Waals surface area contributed by atoms with Crippen LogP contribution in [0, 0.1) is 0 Å². The van der Waals surface area contributed by atoms with Crippen LogP contribution in [0.4, 0.5) is 0 Å². The van der Waals surface area contributed by atoms with Crippen molar-refractivity contribution in [2.75, 3.05) is 12.8 Å². The Morgan fingerprint density at radius 1 is 0.649 bits per heavy atom. The van der Waals surface area contributed by atoms with Crippen molar-refractivity contribution in [3.05, 3.63) is 53.6 Å². The molecule has 0 spiro atoms. The van der Waals surface area contributed by atoms with Gasteiger partial charge in [-0.05, 0) is 0 Å². The minimum atomic E-state index is -2.25. The summed E-state index contributed by atoms with van der Waals surface area (Å²) >= 11 is 0. The van der Waals surface area contributed by atoms with E-state index in [1.54, 1.807) is 34.8 Å². The summed E-state index contributed by atoms with van der Waals surface area (Å²) in [5, 5.41) is 1.84. The SMILES string of the molecule is CCCCCCCCP(C)(P)(c1cccc2c1Cc1ccccc1-2)[Si](CCCC)(CCCC)CCCC. The molecule has 0 N–H and O–H groups in total. The molecule has 1 atom stereocenters. The summed E-state index contributed by atoms with van der Waals surface area (Å²) in [6.07, 6.45) is 19.4. The molecule has 2 aromatic rings. The van der Waals surface area contributed by atoms with Crippen LogP contribution in [0.5, 0.6) is 0 Å². The molecule has 208 valence electrons. The van der Waals surface area contributed by atoms with Gasteiger partial charge in [0, 0.05) is 0 Å². The molecule has 0 radical (unpaired) electrons. The van der Waals surface area contributed by atoms with E-state index in [0.29, 0.717) is 0 Å². The first kappa shape index (κ1) is 31.0. The molecule has 2 aromatic carbocycles. The van der Waals surface area contributed by atoms with Gasteiger partial charge in [0.15, 0.2) is 0 Å². The van der Waals surface area contributed by atoms with E-state index < -0.39 is 13.6 Å². The molecule has 0 heterocycles. The van der Waals surface area contributed by atoms with Crippen molar-refractivity contribution in [2.45, 2.75) is 129 Å². The summed E-state index contributed by atoms with van der Waals surface area (Å²) in [5.74, 6) is -2.25. The fourth-order valence-electron chi connectivity index (χ4n) is 7.46. The first-order valence-electron chi connectivity index (χ1n) is 15.9. The number of rotatable bonds is 18. The van der Waals surface area contributed by atoms with Crippen molar-refractivity contribution in [1.29, 1.82) is 0 Å². The van der Waals surface area contributed by atoms with Crippen LogP contribution >= 0.6 is 14.8 Å². The van der Waals surface area contributed by atoms with Gasteiger partial charge >= 0.3 is 235 Å². The van der Waals surface area contributed by atoms with Crippen molar-refractivity contribution in [1.82, 2.24) is 0 Å². The van der Waals surface area contributed by atoms with Gasteiger partial charge < -0.3 is 0 Å². The van der Waals surface area contributed by atoms with Gasteiger partial charge in [0.2, 0.25) is 0 Å². The molecular formula is C34H58P2Si. The molecule has 37 heavy (non-hydrogen) atoms. The zero-order chi connectivity index (χ0) is 26.8. The molecule has 1 aliphatic rings. The number of hydrogen-bond donors (Lipinski definition) is 0. The maximum atomic E-state index is 3.85. The third-order valence-corrected chi connectivity index (χ3v) is 37.5. The molecule has 0 amide bonds. The van der Waals surface area contributed by atoms with Gasteiger partial charge in [-0.15, -0.1) is 0 Å². The second-order valence-electron chi connectivity index (χ2n) is 12.6. The predicted octanol–water partition coefficient (Wildman–Crippen LogP) is 11.6. The van der Waals surface area contributed by atoms with E-state index in [-0.39, 0.29) is 0 Å². The van der Waals surface area contributed by atoms with E-state index in [1.165, 1.54) is 88.8 Å². The Hall–Kier alpha value is -0.483. The molecule has 1 aliphatic carbocycles.